The van der Waals surface area contributed by atoms with Gasteiger partial charge in [0, 0.05) is 18.7 Å². The highest BCUT2D eigenvalue weighted by molar-refractivity contribution is 5.98. The van der Waals surface area contributed by atoms with Crippen LogP contribution in [-0.2, 0) is 16.1 Å². The number of nitrogens with zero attached hydrogens (tertiary/aromatic N) is 2. The lowest BCUT2D eigenvalue weighted by Crippen LogP contribution is -2.42. The molecule has 1 aliphatic rings. The highest BCUT2D eigenvalue weighted by Gasteiger charge is 2.34. The second-order valence-corrected chi connectivity index (χ2v) is 8.08. The van der Waals surface area contributed by atoms with E-state index in [1.165, 1.54) is 9.47 Å². The highest BCUT2D eigenvalue weighted by atomic mass is 16.5. The molecule has 2 heterocycles. The lowest BCUT2D eigenvalue weighted by atomic mass is 10.0. The zero-order valence-electron chi connectivity index (χ0n) is 18.0. The van der Waals surface area contributed by atoms with Crippen LogP contribution in [0.4, 0.5) is 11.5 Å². The van der Waals surface area contributed by atoms with Gasteiger partial charge < -0.3 is 15.4 Å². The molecule has 1 aromatic carbocycles. The molecule has 9 nitrogen and oxygen atoms in total. The molecule has 9 heteroatoms. The van der Waals surface area contributed by atoms with Gasteiger partial charge in [0.05, 0.1) is 12.0 Å². The Labute approximate surface area is 179 Å². The number of nitrogens with one attached hydrogen (secondary N) is 1. The Morgan fingerprint density at radius 1 is 1.26 bits per heavy atom. The first-order valence-electron chi connectivity index (χ1n) is 10.5. The molecule has 1 unspecified atom stereocenters. The van der Waals surface area contributed by atoms with Gasteiger partial charge in [0.15, 0.2) is 5.69 Å². The second kappa shape index (κ2) is 9.20. The number of amides is 1. The number of hydrogen-bond donors (Lipinski definition) is 2. The fourth-order valence-electron chi connectivity index (χ4n) is 3.70. The van der Waals surface area contributed by atoms with Crippen molar-refractivity contribution in [2.45, 2.75) is 52.7 Å². The molecule has 0 saturated heterocycles. The third-order valence-electron chi connectivity index (χ3n) is 5.20. The lowest BCUT2D eigenvalue weighted by Gasteiger charge is -2.26. The Kier molecular flexibility index (Phi) is 6.62. The first-order valence-corrected chi connectivity index (χ1v) is 10.5. The zero-order valence-corrected chi connectivity index (χ0v) is 18.0. The van der Waals surface area contributed by atoms with Crippen molar-refractivity contribution in [2.24, 2.45) is 5.92 Å². The molecule has 2 aromatic rings. The van der Waals surface area contributed by atoms with Crippen LogP contribution in [0.25, 0.3) is 0 Å². The van der Waals surface area contributed by atoms with E-state index in [0.29, 0.717) is 24.1 Å². The summed E-state index contributed by atoms with van der Waals surface area (Å²) in [6.07, 6.45) is 0.556. The highest BCUT2D eigenvalue weighted by Crippen LogP contribution is 2.34. The smallest absolute Gasteiger partial charge is 0.339 e. The van der Waals surface area contributed by atoms with Gasteiger partial charge in [0.25, 0.3) is 5.56 Å². The fraction of sp³-hybridized carbons (Fsp3) is 0.455. The Hall–Kier alpha value is -3.36. The van der Waals surface area contributed by atoms with Crippen molar-refractivity contribution < 1.29 is 14.3 Å². The Balaban J connectivity index is 1.98. The van der Waals surface area contributed by atoms with Crippen molar-refractivity contribution in [3.05, 3.63) is 56.2 Å². The number of rotatable bonds is 8. The third-order valence-corrected chi connectivity index (χ3v) is 5.20. The van der Waals surface area contributed by atoms with Gasteiger partial charge in [-0.25, -0.2) is 9.59 Å². The normalized spacial score (nSPS) is 15.1. The quantitative estimate of drug-likeness (QED) is 0.621. The minimum atomic E-state index is -0.734. The van der Waals surface area contributed by atoms with E-state index in [4.69, 9.17) is 10.5 Å². The van der Waals surface area contributed by atoms with Gasteiger partial charge >= 0.3 is 11.7 Å². The lowest BCUT2D eigenvalue weighted by molar-refractivity contribution is -0.120. The van der Waals surface area contributed by atoms with E-state index < -0.39 is 29.2 Å². The zero-order chi connectivity index (χ0) is 22.7. The molecule has 0 aliphatic carbocycles. The molecule has 31 heavy (non-hydrogen) atoms. The fourth-order valence-corrected chi connectivity index (χ4v) is 3.70. The number of cyclic esters (lactones) is 1. The minimum Gasteiger partial charge on any atom is -0.453 e. The molecule has 0 radical (unpaired) electrons. The van der Waals surface area contributed by atoms with Crippen LogP contribution in [0.5, 0.6) is 0 Å². The molecule has 1 aliphatic heterocycles. The maximum absolute atomic E-state index is 13.3. The summed E-state index contributed by atoms with van der Waals surface area (Å²) in [5, 5.41) is 0. The topological polar surface area (TPSA) is 127 Å². The summed E-state index contributed by atoms with van der Waals surface area (Å²) in [6, 6.07) is 6.91. The number of ether oxygens (including phenoxy) is 1. The number of carbonyl (C=O) groups excluding carboxylic acids is 2. The first kappa shape index (κ1) is 22.3. The summed E-state index contributed by atoms with van der Waals surface area (Å²) < 4.78 is 6.67. The third kappa shape index (κ3) is 4.55. The largest absolute Gasteiger partial charge is 0.453 e. The van der Waals surface area contributed by atoms with Gasteiger partial charge in [-0.1, -0.05) is 45.4 Å². The molecule has 166 valence electrons. The SMILES string of the molecule is CCCCN(C(=O)CC1OC(=O)c2ccccc21)c1c(N)n(CC(C)C)c(=O)[nH]c1=O. The maximum Gasteiger partial charge on any atom is 0.339 e. The average Bonchev–Trinajstić information content (AvgIpc) is 3.03. The van der Waals surface area contributed by atoms with Gasteiger partial charge in [-0.15, -0.1) is 0 Å². The Bertz CT molecular complexity index is 1100. The number of aromatic amines is 1. The number of nitrogen functional groups attached to an aromatic ring is 1. The van der Waals surface area contributed by atoms with Crippen LogP contribution in [0.2, 0.25) is 0 Å². The number of H-pyrrole nitrogens is 1. The number of nitrogens with two attached hydrogens (primary N) is 1. The molecule has 0 fully saturated rings. The second-order valence-electron chi connectivity index (χ2n) is 8.08. The molecule has 1 atom stereocenters. The van der Waals surface area contributed by atoms with Crippen molar-refractivity contribution in [2.75, 3.05) is 17.2 Å². The monoisotopic (exact) mass is 428 g/mol. The summed E-state index contributed by atoms with van der Waals surface area (Å²) in [4.78, 5) is 53.9. The van der Waals surface area contributed by atoms with Crippen molar-refractivity contribution in [3.63, 3.8) is 0 Å². The molecule has 3 N–H and O–H groups in total. The van der Waals surface area contributed by atoms with Crippen molar-refractivity contribution in [1.29, 1.82) is 0 Å². The van der Waals surface area contributed by atoms with Gasteiger partial charge in [0.1, 0.15) is 11.9 Å². The van der Waals surface area contributed by atoms with E-state index in [1.807, 2.05) is 20.8 Å². The van der Waals surface area contributed by atoms with Gasteiger partial charge in [-0.3, -0.25) is 19.1 Å². The molecular weight excluding hydrogens is 400 g/mol. The molecule has 0 spiro atoms. The van der Waals surface area contributed by atoms with E-state index in [0.717, 1.165) is 6.42 Å². The molecule has 3 rings (SSSR count). The predicted octanol–water partition coefficient (Wildman–Crippen LogP) is 2.21. The molecule has 0 saturated carbocycles. The standard InChI is InChI=1S/C22H28N4O5/c1-4-5-10-25(18-19(23)26(12-13(2)3)22(30)24-20(18)28)17(27)11-16-14-8-6-7-9-15(14)21(29)31-16/h6-9,13,16H,4-5,10-12,23H2,1-3H3,(H,24,28,30). The van der Waals surface area contributed by atoms with E-state index in [1.54, 1.807) is 24.3 Å². The van der Waals surface area contributed by atoms with Crippen LogP contribution in [-0.4, -0.2) is 28.0 Å². The van der Waals surface area contributed by atoms with Crippen LogP contribution in [0, 0.1) is 5.92 Å². The van der Waals surface area contributed by atoms with Crippen molar-refractivity contribution in [1.82, 2.24) is 9.55 Å². The summed E-state index contributed by atoms with van der Waals surface area (Å²) in [6.45, 7) is 6.36. The summed E-state index contributed by atoms with van der Waals surface area (Å²) in [5.74, 6) is -0.824. The van der Waals surface area contributed by atoms with Crippen LogP contribution < -0.4 is 21.9 Å². The van der Waals surface area contributed by atoms with Crippen LogP contribution in [0.3, 0.4) is 0 Å². The van der Waals surface area contributed by atoms with Crippen LogP contribution in [0.15, 0.2) is 33.9 Å². The number of hydrogen-bond acceptors (Lipinski definition) is 6. The average molecular weight is 428 g/mol. The number of esters is 1. The van der Waals surface area contributed by atoms with Gasteiger partial charge in [0.2, 0.25) is 5.91 Å². The number of unbranched alkanes of at least 4 members (excludes halogenated alkanes) is 1. The molecule has 1 amide bonds. The summed E-state index contributed by atoms with van der Waals surface area (Å²) in [7, 11) is 0. The van der Waals surface area contributed by atoms with E-state index in [-0.39, 0.29) is 30.4 Å². The molecule has 1 aromatic heterocycles. The Morgan fingerprint density at radius 2 is 1.97 bits per heavy atom. The Morgan fingerprint density at radius 3 is 2.65 bits per heavy atom. The number of aromatic nitrogens is 2. The van der Waals surface area contributed by atoms with Gasteiger partial charge in [-0.2, -0.15) is 0 Å². The van der Waals surface area contributed by atoms with E-state index in [2.05, 4.69) is 4.98 Å². The number of fused-ring (bicyclic) bond motifs is 1. The van der Waals surface area contributed by atoms with Crippen molar-refractivity contribution >= 4 is 23.4 Å². The number of benzene rings is 1. The minimum absolute atomic E-state index is 0.0451. The maximum atomic E-state index is 13.3. The van der Waals surface area contributed by atoms with Crippen molar-refractivity contribution in [3.8, 4) is 0 Å². The van der Waals surface area contributed by atoms with Crippen LogP contribution in [0.1, 0.15) is 62.1 Å². The predicted molar refractivity (Wildman–Crippen MR) is 117 cm³/mol. The van der Waals surface area contributed by atoms with Gasteiger partial charge in [-0.05, 0) is 18.4 Å². The number of anilines is 2. The molecular formula is C22H28N4O5. The first-order chi connectivity index (χ1) is 14.7. The summed E-state index contributed by atoms with van der Waals surface area (Å²) >= 11 is 0. The van der Waals surface area contributed by atoms with E-state index >= 15 is 0 Å². The molecule has 0 bridgehead atoms. The summed E-state index contributed by atoms with van der Waals surface area (Å²) in [5.41, 5.74) is 5.92. The number of carbonyl (C=O) groups is 2. The van der Waals surface area contributed by atoms with Crippen LogP contribution >= 0.6 is 0 Å². The van der Waals surface area contributed by atoms with E-state index in [9.17, 15) is 19.2 Å².